The Bertz CT molecular complexity index is 789. The van der Waals surface area contributed by atoms with E-state index in [-0.39, 0.29) is 43.4 Å². The smallest absolute Gasteiger partial charge is 0.332 e. The zero-order valence-electron chi connectivity index (χ0n) is 13.9. The van der Waals surface area contributed by atoms with Crippen LogP contribution in [0.25, 0.3) is 0 Å². The van der Waals surface area contributed by atoms with Gasteiger partial charge in [-0.05, 0) is 37.1 Å². The van der Waals surface area contributed by atoms with E-state index in [2.05, 4.69) is 0 Å². The molecule has 0 spiro atoms. The summed E-state index contributed by atoms with van der Waals surface area (Å²) in [6.45, 7) is 0.606. The number of aliphatic carboxylic acids is 1. The minimum absolute atomic E-state index is 0.00195. The number of hydrogen-bond acceptors (Lipinski definition) is 5. The number of nitrogens with zero attached hydrogens (tertiary/aromatic N) is 2. The molecule has 10 heteroatoms. The highest BCUT2D eigenvalue weighted by Gasteiger charge is 2.38. The highest BCUT2D eigenvalue weighted by molar-refractivity contribution is 7.89. The topological polar surface area (TPSA) is 104 Å². The summed E-state index contributed by atoms with van der Waals surface area (Å²) in [5.41, 5.74) is 0. The van der Waals surface area contributed by atoms with Gasteiger partial charge in [-0.2, -0.15) is 4.31 Å². The summed E-state index contributed by atoms with van der Waals surface area (Å²) in [5, 5.41) is 8.93. The van der Waals surface area contributed by atoms with Gasteiger partial charge in [-0.1, -0.05) is 0 Å². The third kappa shape index (κ3) is 3.71. The van der Waals surface area contributed by atoms with E-state index >= 15 is 0 Å². The highest BCUT2D eigenvalue weighted by Crippen LogP contribution is 2.23. The van der Waals surface area contributed by atoms with Crippen LogP contribution in [0.5, 0.6) is 0 Å². The first-order valence-corrected chi connectivity index (χ1v) is 9.66. The predicted octanol–water partition coefficient (Wildman–Crippen LogP) is 0.291. The molecule has 1 amide bonds. The molecule has 0 unspecified atom stereocenters. The molecule has 0 bridgehead atoms. The van der Waals surface area contributed by atoms with Gasteiger partial charge in [0.05, 0.1) is 4.90 Å². The fourth-order valence-corrected chi connectivity index (χ4v) is 4.53. The number of amides is 1. The number of sulfonamides is 1. The normalized spacial score (nSPS) is 24.6. The van der Waals surface area contributed by atoms with Crippen molar-refractivity contribution in [1.82, 2.24) is 9.21 Å². The van der Waals surface area contributed by atoms with E-state index in [1.807, 2.05) is 0 Å². The molecular weight excluding hydrogens is 367 g/mol. The lowest BCUT2D eigenvalue weighted by atomic mass is 10.1. The maximum absolute atomic E-state index is 13.0. The van der Waals surface area contributed by atoms with Gasteiger partial charge in [0.15, 0.2) is 6.10 Å². The quantitative estimate of drug-likeness (QED) is 0.798. The summed E-state index contributed by atoms with van der Waals surface area (Å²) in [5.74, 6) is -1.92. The molecule has 8 nitrogen and oxygen atoms in total. The minimum Gasteiger partial charge on any atom is -0.479 e. The average Bonchev–Trinajstić information content (AvgIpc) is 3.12. The average molecular weight is 386 g/mol. The summed E-state index contributed by atoms with van der Waals surface area (Å²) < 4.78 is 44.6. The Labute approximate surface area is 150 Å². The van der Waals surface area contributed by atoms with Crippen molar-refractivity contribution in [1.29, 1.82) is 0 Å². The van der Waals surface area contributed by atoms with Gasteiger partial charge in [-0.3, -0.25) is 4.79 Å². The zero-order valence-corrected chi connectivity index (χ0v) is 14.7. The van der Waals surface area contributed by atoms with E-state index in [4.69, 9.17) is 9.84 Å². The maximum atomic E-state index is 13.0. The van der Waals surface area contributed by atoms with Crippen molar-refractivity contribution >= 4 is 21.9 Å². The van der Waals surface area contributed by atoms with Gasteiger partial charge < -0.3 is 14.7 Å². The van der Waals surface area contributed by atoms with E-state index < -0.39 is 34.0 Å². The number of carboxylic acids is 1. The first kappa shape index (κ1) is 18.7. The van der Waals surface area contributed by atoms with Gasteiger partial charge in [0, 0.05) is 26.2 Å². The summed E-state index contributed by atoms with van der Waals surface area (Å²) in [6, 6.07) is 4.59. The van der Waals surface area contributed by atoms with E-state index in [0.717, 1.165) is 12.1 Å². The van der Waals surface area contributed by atoms with Crippen LogP contribution < -0.4 is 0 Å². The summed E-state index contributed by atoms with van der Waals surface area (Å²) in [4.78, 5) is 24.8. The molecule has 2 aliphatic heterocycles. The number of carboxylic acid groups (broad SMARTS) is 1. The van der Waals surface area contributed by atoms with Crippen molar-refractivity contribution in [3.05, 3.63) is 30.1 Å². The molecular formula is C16H19FN2O6S. The number of benzene rings is 1. The van der Waals surface area contributed by atoms with E-state index in [9.17, 15) is 22.4 Å². The van der Waals surface area contributed by atoms with Crippen molar-refractivity contribution in [3.8, 4) is 0 Å². The number of halogens is 1. The maximum Gasteiger partial charge on any atom is 0.332 e. The second-order valence-electron chi connectivity index (χ2n) is 6.21. The van der Waals surface area contributed by atoms with Gasteiger partial charge in [0.1, 0.15) is 11.9 Å². The fourth-order valence-electron chi connectivity index (χ4n) is 3.11. The number of piperazine rings is 1. The van der Waals surface area contributed by atoms with Crippen molar-refractivity contribution in [2.24, 2.45) is 0 Å². The Hall–Kier alpha value is -2.04. The fraction of sp³-hybridized carbons (Fsp3) is 0.500. The summed E-state index contributed by atoms with van der Waals surface area (Å²) >= 11 is 0. The molecule has 2 saturated heterocycles. The van der Waals surface area contributed by atoms with Gasteiger partial charge in [-0.25, -0.2) is 17.6 Å². The van der Waals surface area contributed by atoms with Crippen LogP contribution in [0.1, 0.15) is 12.8 Å². The SMILES string of the molecule is O=C(O)[C@H]1CC[C@@H](C(=O)N2CCN(S(=O)(=O)c3ccc(F)cc3)CC2)O1. The van der Waals surface area contributed by atoms with Crippen LogP contribution in [0.2, 0.25) is 0 Å². The monoisotopic (exact) mass is 386 g/mol. The van der Waals surface area contributed by atoms with E-state index in [1.54, 1.807) is 0 Å². The molecule has 1 aromatic rings. The number of hydrogen-bond donors (Lipinski definition) is 1. The second-order valence-corrected chi connectivity index (χ2v) is 8.15. The third-order valence-corrected chi connectivity index (χ3v) is 6.49. The second kappa shape index (κ2) is 7.29. The van der Waals surface area contributed by atoms with E-state index in [1.165, 1.54) is 21.3 Å². The Morgan fingerprint density at radius 3 is 2.15 bits per heavy atom. The molecule has 1 N–H and O–H groups in total. The molecule has 0 aromatic heterocycles. The van der Waals surface area contributed by atoms with Crippen LogP contribution in [0.3, 0.4) is 0 Å². The van der Waals surface area contributed by atoms with Crippen molar-refractivity contribution < 1.29 is 32.2 Å². The van der Waals surface area contributed by atoms with Crippen LogP contribution in [0, 0.1) is 5.82 Å². The molecule has 0 aliphatic carbocycles. The molecule has 3 rings (SSSR count). The number of ether oxygens (including phenoxy) is 1. The number of carbonyl (C=O) groups excluding carboxylic acids is 1. The molecule has 2 aliphatic rings. The van der Waals surface area contributed by atoms with Crippen LogP contribution in [-0.2, 0) is 24.3 Å². The Kier molecular flexibility index (Phi) is 5.26. The van der Waals surface area contributed by atoms with Crippen LogP contribution in [0.4, 0.5) is 4.39 Å². The molecule has 2 fully saturated rings. The lowest BCUT2D eigenvalue weighted by Gasteiger charge is -2.35. The van der Waals surface area contributed by atoms with Gasteiger partial charge in [0.2, 0.25) is 10.0 Å². The first-order valence-electron chi connectivity index (χ1n) is 8.22. The zero-order chi connectivity index (χ0) is 18.9. The number of carbonyl (C=O) groups is 2. The molecule has 0 radical (unpaired) electrons. The van der Waals surface area contributed by atoms with Crippen LogP contribution in [0.15, 0.2) is 29.2 Å². The van der Waals surface area contributed by atoms with Gasteiger partial charge in [-0.15, -0.1) is 0 Å². The standard InChI is InChI=1S/C16H19FN2O6S/c17-11-1-3-12(4-2-11)26(23,24)19-9-7-18(8-10-19)15(20)13-5-6-14(25-13)16(21)22/h1-4,13-14H,5-10H2,(H,21,22)/t13-,14+/m0/s1. The Morgan fingerprint density at radius 2 is 1.62 bits per heavy atom. The Morgan fingerprint density at radius 1 is 1.04 bits per heavy atom. The number of rotatable bonds is 4. The summed E-state index contributed by atoms with van der Waals surface area (Å²) in [7, 11) is -3.75. The predicted molar refractivity (Wildman–Crippen MR) is 87.3 cm³/mol. The lowest BCUT2D eigenvalue weighted by Crippen LogP contribution is -2.52. The van der Waals surface area contributed by atoms with Crippen molar-refractivity contribution in [2.75, 3.05) is 26.2 Å². The molecule has 142 valence electrons. The molecule has 26 heavy (non-hydrogen) atoms. The largest absolute Gasteiger partial charge is 0.479 e. The summed E-state index contributed by atoms with van der Waals surface area (Å²) in [6.07, 6.45) is -1.14. The molecule has 1 aromatic carbocycles. The molecule has 2 heterocycles. The lowest BCUT2D eigenvalue weighted by molar-refractivity contribution is -0.155. The van der Waals surface area contributed by atoms with Crippen LogP contribution >= 0.6 is 0 Å². The van der Waals surface area contributed by atoms with Crippen molar-refractivity contribution in [2.45, 2.75) is 29.9 Å². The highest BCUT2D eigenvalue weighted by atomic mass is 32.2. The molecule has 2 atom stereocenters. The third-order valence-electron chi connectivity index (χ3n) is 4.57. The van der Waals surface area contributed by atoms with Crippen LogP contribution in [-0.4, -0.2) is 73.0 Å². The first-order chi connectivity index (χ1) is 12.3. The van der Waals surface area contributed by atoms with Crippen molar-refractivity contribution in [3.63, 3.8) is 0 Å². The van der Waals surface area contributed by atoms with Gasteiger partial charge >= 0.3 is 5.97 Å². The van der Waals surface area contributed by atoms with Gasteiger partial charge in [0.25, 0.3) is 5.91 Å². The molecule has 0 saturated carbocycles. The Balaban J connectivity index is 1.59. The van der Waals surface area contributed by atoms with E-state index in [0.29, 0.717) is 6.42 Å². The minimum atomic E-state index is -3.75.